The van der Waals surface area contributed by atoms with Gasteiger partial charge in [-0.2, -0.15) is 16.9 Å². The number of amides is 1. The monoisotopic (exact) mass is 285 g/mol. The summed E-state index contributed by atoms with van der Waals surface area (Å²) in [6, 6.07) is 1.52. The maximum absolute atomic E-state index is 11.8. The summed E-state index contributed by atoms with van der Waals surface area (Å²) in [5.74, 6) is -1.07. The number of aryl methyl sites for hydroxylation is 1. The number of carboxylic acids is 1. The summed E-state index contributed by atoms with van der Waals surface area (Å²) in [6.45, 7) is 0. The Morgan fingerprint density at radius 2 is 2.21 bits per heavy atom. The van der Waals surface area contributed by atoms with E-state index in [0.29, 0.717) is 12.2 Å². The number of carboxylic acid groups (broad SMARTS) is 1. The molecule has 0 aliphatic carbocycles. The van der Waals surface area contributed by atoms with Gasteiger partial charge in [0.1, 0.15) is 11.7 Å². The number of nitrogens with zero attached hydrogens (tertiary/aromatic N) is 2. The third-order valence-electron chi connectivity index (χ3n) is 2.41. The molecule has 1 unspecified atom stereocenters. The normalized spacial score (nSPS) is 11.9. The summed E-state index contributed by atoms with van der Waals surface area (Å²) in [5.41, 5.74) is -0.328. The topological polar surface area (TPSA) is 101 Å². The van der Waals surface area contributed by atoms with Crippen LogP contribution in [-0.4, -0.2) is 44.8 Å². The zero-order valence-electron chi connectivity index (χ0n) is 10.6. The van der Waals surface area contributed by atoms with Gasteiger partial charge in [0.15, 0.2) is 0 Å². The molecule has 104 valence electrons. The van der Waals surface area contributed by atoms with Crippen molar-refractivity contribution in [3.8, 4) is 0 Å². The van der Waals surface area contributed by atoms with Gasteiger partial charge in [-0.05, 0) is 24.5 Å². The van der Waals surface area contributed by atoms with Gasteiger partial charge in [0.05, 0.1) is 0 Å². The lowest BCUT2D eigenvalue weighted by Gasteiger charge is -2.13. The number of rotatable bonds is 6. The van der Waals surface area contributed by atoms with Crippen LogP contribution in [0.5, 0.6) is 0 Å². The van der Waals surface area contributed by atoms with E-state index in [1.165, 1.54) is 30.9 Å². The average Bonchev–Trinajstić information content (AvgIpc) is 2.37. The van der Waals surface area contributed by atoms with E-state index in [9.17, 15) is 14.4 Å². The van der Waals surface area contributed by atoms with Crippen molar-refractivity contribution in [3.63, 3.8) is 0 Å². The molecule has 1 rings (SSSR count). The van der Waals surface area contributed by atoms with Gasteiger partial charge in [-0.25, -0.2) is 9.48 Å². The van der Waals surface area contributed by atoms with Crippen LogP contribution < -0.4 is 10.9 Å². The molecule has 0 bridgehead atoms. The van der Waals surface area contributed by atoms with Crippen LogP contribution in [0.4, 0.5) is 0 Å². The Balaban J connectivity index is 2.78. The molecule has 1 atom stereocenters. The van der Waals surface area contributed by atoms with E-state index in [0.717, 1.165) is 4.68 Å². The predicted molar refractivity (Wildman–Crippen MR) is 71.4 cm³/mol. The second-order valence-corrected chi connectivity index (χ2v) is 4.81. The number of aliphatic carboxylic acids is 1. The van der Waals surface area contributed by atoms with E-state index in [2.05, 4.69) is 10.4 Å². The van der Waals surface area contributed by atoms with Crippen LogP contribution in [-0.2, 0) is 11.8 Å². The molecule has 2 N–H and O–H groups in total. The Morgan fingerprint density at radius 3 is 2.74 bits per heavy atom. The van der Waals surface area contributed by atoms with Gasteiger partial charge in [0.25, 0.3) is 11.5 Å². The van der Waals surface area contributed by atoms with Crippen molar-refractivity contribution in [1.82, 2.24) is 15.1 Å². The zero-order chi connectivity index (χ0) is 14.4. The first-order valence-electron chi connectivity index (χ1n) is 5.52. The van der Waals surface area contributed by atoms with Gasteiger partial charge in [-0.15, -0.1) is 0 Å². The lowest BCUT2D eigenvalue weighted by molar-refractivity contribution is -0.139. The van der Waals surface area contributed by atoms with Crippen molar-refractivity contribution in [2.24, 2.45) is 7.05 Å². The first-order valence-corrected chi connectivity index (χ1v) is 6.92. The van der Waals surface area contributed by atoms with Crippen molar-refractivity contribution in [2.45, 2.75) is 12.5 Å². The Morgan fingerprint density at radius 1 is 1.53 bits per heavy atom. The Bertz CT molecular complexity index is 529. The molecule has 8 heteroatoms. The summed E-state index contributed by atoms with van der Waals surface area (Å²) in [7, 11) is 1.42. The van der Waals surface area contributed by atoms with E-state index < -0.39 is 17.9 Å². The number of thioether (sulfide) groups is 1. The number of hydrogen-bond acceptors (Lipinski definition) is 5. The Labute approximate surface area is 114 Å². The molecule has 0 aliphatic rings. The summed E-state index contributed by atoms with van der Waals surface area (Å²) >= 11 is 1.50. The smallest absolute Gasteiger partial charge is 0.326 e. The predicted octanol–water partition coefficient (Wildman–Crippen LogP) is -0.284. The summed E-state index contributed by atoms with van der Waals surface area (Å²) in [4.78, 5) is 34.0. The molecule has 0 radical (unpaired) electrons. The van der Waals surface area contributed by atoms with E-state index in [1.807, 2.05) is 6.26 Å². The molecule has 1 amide bonds. The lowest BCUT2D eigenvalue weighted by Crippen LogP contribution is -2.42. The summed E-state index contributed by atoms with van der Waals surface area (Å²) in [6.07, 6.45) is 2.18. The highest BCUT2D eigenvalue weighted by Crippen LogP contribution is 2.02. The molecule has 0 saturated carbocycles. The third kappa shape index (κ3) is 4.40. The number of aromatic nitrogens is 2. The first-order chi connectivity index (χ1) is 8.95. The third-order valence-corrected chi connectivity index (χ3v) is 3.05. The van der Waals surface area contributed by atoms with Crippen molar-refractivity contribution < 1.29 is 14.7 Å². The number of carbonyl (C=O) groups excluding carboxylic acids is 1. The van der Waals surface area contributed by atoms with Crippen molar-refractivity contribution in [3.05, 3.63) is 28.2 Å². The highest BCUT2D eigenvalue weighted by atomic mass is 32.2. The van der Waals surface area contributed by atoms with E-state index >= 15 is 0 Å². The fourth-order valence-electron chi connectivity index (χ4n) is 1.35. The Hall–Kier alpha value is -1.83. The molecule has 0 spiro atoms. The summed E-state index contributed by atoms with van der Waals surface area (Å²) in [5, 5.41) is 15.1. The SMILES string of the molecule is CSCCC(NC(=O)c1ccc(=O)n(C)n1)C(=O)O. The van der Waals surface area contributed by atoms with E-state index in [1.54, 1.807) is 0 Å². The second-order valence-electron chi connectivity index (χ2n) is 3.83. The number of carbonyl (C=O) groups is 2. The lowest BCUT2D eigenvalue weighted by atomic mass is 10.2. The highest BCUT2D eigenvalue weighted by molar-refractivity contribution is 7.98. The molecule has 0 saturated heterocycles. The van der Waals surface area contributed by atoms with Crippen LogP contribution in [0, 0.1) is 0 Å². The highest BCUT2D eigenvalue weighted by Gasteiger charge is 2.21. The zero-order valence-corrected chi connectivity index (χ0v) is 11.4. The Kier molecular flexibility index (Phi) is 5.56. The van der Waals surface area contributed by atoms with Gasteiger partial charge >= 0.3 is 5.97 Å². The van der Waals surface area contributed by atoms with Crippen molar-refractivity contribution in [2.75, 3.05) is 12.0 Å². The summed E-state index contributed by atoms with van der Waals surface area (Å²) < 4.78 is 1.02. The fourth-order valence-corrected chi connectivity index (χ4v) is 1.82. The number of nitrogens with one attached hydrogen (secondary N) is 1. The molecule has 1 aromatic heterocycles. The molecular formula is C11H15N3O4S. The maximum atomic E-state index is 11.8. The van der Waals surface area contributed by atoms with Crippen LogP contribution in [0.3, 0.4) is 0 Å². The molecule has 7 nitrogen and oxygen atoms in total. The van der Waals surface area contributed by atoms with Gasteiger partial charge in [0.2, 0.25) is 0 Å². The molecule has 1 heterocycles. The molecule has 19 heavy (non-hydrogen) atoms. The standard InChI is InChI=1S/C11H15N3O4S/c1-14-9(15)4-3-7(13-14)10(16)12-8(11(17)18)5-6-19-2/h3-4,8H,5-6H2,1-2H3,(H,12,16)(H,17,18). The quantitative estimate of drug-likeness (QED) is 0.745. The van der Waals surface area contributed by atoms with Gasteiger partial charge < -0.3 is 10.4 Å². The molecular weight excluding hydrogens is 270 g/mol. The molecule has 0 aliphatic heterocycles. The van der Waals surface area contributed by atoms with E-state index in [4.69, 9.17) is 5.11 Å². The van der Waals surface area contributed by atoms with Crippen LogP contribution in [0.1, 0.15) is 16.9 Å². The van der Waals surface area contributed by atoms with Crippen LogP contribution in [0.2, 0.25) is 0 Å². The minimum atomic E-state index is -1.09. The number of hydrogen-bond donors (Lipinski definition) is 2. The first kappa shape index (κ1) is 15.2. The molecule has 0 aromatic carbocycles. The van der Waals surface area contributed by atoms with Gasteiger partial charge in [-0.3, -0.25) is 9.59 Å². The van der Waals surface area contributed by atoms with Crippen molar-refractivity contribution in [1.29, 1.82) is 0 Å². The van der Waals surface area contributed by atoms with Gasteiger partial charge in [-0.1, -0.05) is 0 Å². The van der Waals surface area contributed by atoms with Crippen molar-refractivity contribution >= 4 is 23.6 Å². The van der Waals surface area contributed by atoms with Crippen LogP contribution in [0.25, 0.3) is 0 Å². The van der Waals surface area contributed by atoms with Gasteiger partial charge in [0, 0.05) is 13.1 Å². The molecule has 1 aromatic rings. The largest absolute Gasteiger partial charge is 0.480 e. The molecule has 0 fully saturated rings. The maximum Gasteiger partial charge on any atom is 0.326 e. The minimum Gasteiger partial charge on any atom is -0.480 e. The average molecular weight is 285 g/mol. The second kappa shape index (κ2) is 6.93. The van der Waals surface area contributed by atoms with Crippen LogP contribution in [0.15, 0.2) is 16.9 Å². The van der Waals surface area contributed by atoms with E-state index in [-0.39, 0.29) is 11.3 Å². The van der Waals surface area contributed by atoms with Crippen LogP contribution >= 0.6 is 11.8 Å². The fraction of sp³-hybridized carbons (Fsp3) is 0.455. The minimum absolute atomic E-state index is 0.0116.